The number of rotatable bonds is 6. The molecule has 126 valence electrons. The Morgan fingerprint density at radius 3 is 2.79 bits per heavy atom. The number of nitrogens with zero attached hydrogens (tertiary/aromatic N) is 3. The maximum atomic E-state index is 6.05. The van der Waals surface area contributed by atoms with Gasteiger partial charge >= 0.3 is 0 Å². The van der Waals surface area contributed by atoms with E-state index in [1.54, 1.807) is 29.5 Å². The lowest BCUT2D eigenvalue weighted by Gasteiger charge is -2.06. The summed E-state index contributed by atoms with van der Waals surface area (Å²) in [5, 5.41) is 10.7. The number of thioether (sulfide) groups is 1. The summed E-state index contributed by atoms with van der Waals surface area (Å²) in [5.74, 6) is 1.76. The lowest BCUT2D eigenvalue weighted by atomic mass is 10.3. The van der Waals surface area contributed by atoms with Gasteiger partial charge in [0.1, 0.15) is 10.6 Å². The molecule has 9 heteroatoms. The third kappa shape index (κ3) is 4.22. The molecule has 0 atom stereocenters. The molecule has 0 saturated carbocycles. The Bertz CT molecular complexity index is 851. The summed E-state index contributed by atoms with van der Waals surface area (Å²) in [7, 11) is 0. The van der Waals surface area contributed by atoms with Crippen LogP contribution in [0, 0.1) is 13.8 Å². The van der Waals surface area contributed by atoms with Gasteiger partial charge in [-0.05, 0) is 32.0 Å². The van der Waals surface area contributed by atoms with Crippen molar-refractivity contribution >= 4 is 46.3 Å². The molecule has 24 heavy (non-hydrogen) atoms. The molecule has 2 aromatic heterocycles. The summed E-state index contributed by atoms with van der Waals surface area (Å²) in [4.78, 5) is 5.28. The molecular formula is C15H13Cl2N3O2S2. The van der Waals surface area contributed by atoms with E-state index >= 15 is 0 Å². The molecule has 0 N–H and O–H groups in total. The van der Waals surface area contributed by atoms with Crippen LogP contribution >= 0.6 is 46.3 Å². The predicted octanol–water partition coefficient (Wildman–Crippen LogP) is 5.29. The van der Waals surface area contributed by atoms with Crippen LogP contribution < -0.4 is 4.74 Å². The van der Waals surface area contributed by atoms with Crippen molar-refractivity contribution in [3.8, 4) is 16.5 Å². The first-order valence-electron chi connectivity index (χ1n) is 7.01. The second-order valence-corrected chi connectivity index (χ2v) is 7.89. The number of halogens is 2. The Hall–Kier alpha value is -1.28. The maximum Gasteiger partial charge on any atom is 0.277 e. The predicted molar refractivity (Wildman–Crippen MR) is 97.6 cm³/mol. The Morgan fingerprint density at radius 2 is 2.08 bits per heavy atom. The highest BCUT2D eigenvalue weighted by molar-refractivity contribution is 7.99. The van der Waals surface area contributed by atoms with Crippen molar-refractivity contribution in [2.75, 3.05) is 12.4 Å². The van der Waals surface area contributed by atoms with Gasteiger partial charge in [-0.25, -0.2) is 4.98 Å². The number of thiazole rings is 1. The standard InChI is InChI=1S/C15H13Cl2N3O2S2/c1-8-13(24-9(2)18-8)14-19-20-15(22-14)23-6-5-21-12-4-3-10(16)7-11(12)17/h3-4,7H,5-6H2,1-2H3. The maximum absolute atomic E-state index is 6.05. The van der Waals surface area contributed by atoms with Crippen molar-refractivity contribution in [3.63, 3.8) is 0 Å². The van der Waals surface area contributed by atoms with E-state index in [4.69, 9.17) is 32.4 Å². The Morgan fingerprint density at radius 1 is 1.25 bits per heavy atom. The van der Waals surface area contributed by atoms with E-state index < -0.39 is 0 Å². The molecule has 2 heterocycles. The van der Waals surface area contributed by atoms with E-state index in [1.165, 1.54) is 11.8 Å². The summed E-state index contributed by atoms with van der Waals surface area (Å²) >= 11 is 14.9. The van der Waals surface area contributed by atoms with Crippen molar-refractivity contribution in [1.29, 1.82) is 0 Å². The van der Waals surface area contributed by atoms with Gasteiger partial charge in [-0.1, -0.05) is 35.0 Å². The number of aromatic nitrogens is 3. The SMILES string of the molecule is Cc1nc(C)c(-c2nnc(SCCOc3ccc(Cl)cc3Cl)o2)s1. The molecule has 0 unspecified atom stereocenters. The van der Waals surface area contributed by atoms with Gasteiger partial charge in [0.05, 0.1) is 22.3 Å². The number of benzene rings is 1. The van der Waals surface area contributed by atoms with E-state index in [9.17, 15) is 0 Å². The van der Waals surface area contributed by atoms with E-state index in [0.717, 1.165) is 15.6 Å². The van der Waals surface area contributed by atoms with Gasteiger partial charge in [0.2, 0.25) is 0 Å². The molecule has 0 radical (unpaired) electrons. The fourth-order valence-corrected chi connectivity index (χ4v) is 3.84. The summed E-state index contributed by atoms with van der Waals surface area (Å²) in [6.45, 7) is 4.34. The minimum atomic E-state index is 0.461. The zero-order valence-electron chi connectivity index (χ0n) is 12.9. The first-order valence-corrected chi connectivity index (χ1v) is 9.57. The number of aryl methyl sites for hydroxylation is 2. The Balaban J connectivity index is 1.53. The average molecular weight is 402 g/mol. The van der Waals surface area contributed by atoms with Crippen molar-refractivity contribution in [2.24, 2.45) is 0 Å². The lowest BCUT2D eigenvalue weighted by Crippen LogP contribution is -2.00. The van der Waals surface area contributed by atoms with Gasteiger partial charge in [0, 0.05) is 10.8 Å². The van der Waals surface area contributed by atoms with E-state index in [1.807, 2.05) is 13.8 Å². The first-order chi connectivity index (χ1) is 11.5. The van der Waals surface area contributed by atoms with Crippen LogP contribution in [0.1, 0.15) is 10.7 Å². The minimum Gasteiger partial charge on any atom is -0.491 e. The van der Waals surface area contributed by atoms with E-state index in [-0.39, 0.29) is 0 Å². The third-order valence-electron chi connectivity index (χ3n) is 2.96. The molecule has 1 aromatic carbocycles. The lowest BCUT2D eigenvalue weighted by molar-refractivity contribution is 0.343. The quantitative estimate of drug-likeness (QED) is 0.413. The van der Waals surface area contributed by atoms with Crippen LogP contribution in [-0.2, 0) is 0 Å². The molecular weight excluding hydrogens is 389 g/mol. The van der Waals surface area contributed by atoms with Crippen LogP contribution in [0.3, 0.4) is 0 Å². The van der Waals surface area contributed by atoms with Crippen molar-refractivity contribution in [3.05, 3.63) is 38.9 Å². The minimum absolute atomic E-state index is 0.461. The van der Waals surface area contributed by atoms with Crippen LogP contribution in [-0.4, -0.2) is 27.5 Å². The van der Waals surface area contributed by atoms with Crippen molar-refractivity contribution in [2.45, 2.75) is 19.1 Å². The number of hydrogen-bond donors (Lipinski definition) is 0. The Labute approximate surface area is 157 Å². The highest BCUT2D eigenvalue weighted by Gasteiger charge is 2.15. The molecule has 0 bridgehead atoms. The molecule has 3 rings (SSSR count). The largest absolute Gasteiger partial charge is 0.491 e. The van der Waals surface area contributed by atoms with Gasteiger partial charge in [0.15, 0.2) is 0 Å². The second kappa shape index (κ2) is 7.74. The van der Waals surface area contributed by atoms with Gasteiger partial charge in [0.25, 0.3) is 11.1 Å². The number of hydrogen-bond acceptors (Lipinski definition) is 7. The number of ether oxygens (including phenoxy) is 1. The van der Waals surface area contributed by atoms with E-state index in [0.29, 0.717) is 39.3 Å². The third-order valence-corrected chi connectivity index (χ3v) is 5.34. The Kier molecular flexibility index (Phi) is 5.65. The fourth-order valence-electron chi connectivity index (χ4n) is 1.96. The molecule has 0 amide bonds. The molecule has 3 aromatic rings. The first kappa shape index (κ1) is 17.5. The monoisotopic (exact) mass is 401 g/mol. The molecule has 0 spiro atoms. The highest BCUT2D eigenvalue weighted by atomic mass is 35.5. The molecule has 0 fully saturated rings. The normalized spacial score (nSPS) is 11.0. The van der Waals surface area contributed by atoms with E-state index in [2.05, 4.69) is 15.2 Å². The highest BCUT2D eigenvalue weighted by Crippen LogP contribution is 2.31. The molecule has 0 aliphatic rings. The molecule has 0 saturated heterocycles. The van der Waals surface area contributed by atoms with Gasteiger partial charge in [-0.2, -0.15) is 0 Å². The van der Waals surface area contributed by atoms with Crippen molar-refractivity contribution < 1.29 is 9.15 Å². The fraction of sp³-hybridized carbons (Fsp3) is 0.267. The molecule has 0 aliphatic carbocycles. The topological polar surface area (TPSA) is 61.0 Å². The summed E-state index contributed by atoms with van der Waals surface area (Å²) < 4.78 is 11.3. The zero-order valence-corrected chi connectivity index (χ0v) is 16.0. The van der Waals surface area contributed by atoms with Gasteiger partial charge in [-0.15, -0.1) is 21.5 Å². The summed E-state index contributed by atoms with van der Waals surface area (Å²) in [6, 6.07) is 5.13. The van der Waals surface area contributed by atoms with Crippen LogP contribution in [0.5, 0.6) is 5.75 Å². The van der Waals surface area contributed by atoms with Crippen LogP contribution in [0.2, 0.25) is 10.0 Å². The van der Waals surface area contributed by atoms with Crippen LogP contribution in [0.15, 0.2) is 27.8 Å². The molecule has 5 nitrogen and oxygen atoms in total. The zero-order chi connectivity index (χ0) is 17.1. The smallest absolute Gasteiger partial charge is 0.277 e. The second-order valence-electron chi connectivity index (χ2n) is 4.79. The van der Waals surface area contributed by atoms with Gasteiger partial charge < -0.3 is 9.15 Å². The molecule has 0 aliphatic heterocycles. The summed E-state index contributed by atoms with van der Waals surface area (Å²) in [6.07, 6.45) is 0. The summed E-state index contributed by atoms with van der Waals surface area (Å²) in [5.41, 5.74) is 0.901. The van der Waals surface area contributed by atoms with Gasteiger partial charge in [-0.3, -0.25) is 0 Å². The van der Waals surface area contributed by atoms with Crippen LogP contribution in [0.25, 0.3) is 10.8 Å². The van der Waals surface area contributed by atoms with Crippen LogP contribution in [0.4, 0.5) is 0 Å². The average Bonchev–Trinajstić information content (AvgIpc) is 3.11. The van der Waals surface area contributed by atoms with Crippen molar-refractivity contribution in [1.82, 2.24) is 15.2 Å².